The van der Waals surface area contributed by atoms with Gasteiger partial charge in [-0.2, -0.15) is 0 Å². The van der Waals surface area contributed by atoms with Gasteiger partial charge in [0.05, 0.1) is 18.2 Å². The van der Waals surface area contributed by atoms with Gasteiger partial charge >= 0.3 is 0 Å². The van der Waals surface area contributed by atoms with E-state index in [4.69, 9.17) is 16.3 Å². The first-order valence-corrected chi connectivity index (χ1v) is 5.93. The van der Waals surface area contributed by atoms with E-state index in [0.29, 0.717) is 17.4 Å². The Bertz CT molecular complexity index is 344. The molecule has 0 saturated carbocycles. The summed E-state index contributed by atoms with van der Waals surface area (Å²) < 4.78 is 18.5. The molecule has 1 atom stereocenters. The van der Waals surface area contributed by atoms with Crippen LogP contribution in [0.1, 0.15) is 32.8 Å². The van der Waals surface area contributed by atoms with Gasteiger partial charge in [-0.05, 0) is 25.3 Å². The molecule has 16 heavy (non-hydrogen) atoms. The van der Waals surface area contributed by atoms with Gasteiger partial charge in [0.1, 0.15) is 5.82 Å². The molecule has 0 amide bonds. The molecule has 1 rings (SSSR count). The Morgan fingerprint density at radius 2 is 2.12 bits per heavy atom. The van der Waals surface area contributed by atoms with Gasteiger partial charge in [-0.25, -0.2) is 9.37 Å². The number of hydrogen-bond acceptors (Lipinski definition) is 2. The molecule has 90 valence electrons. The number of halogens is 2. The molecule has 1 aromatic rings. The van der Waals surface area contributed by atoms with Crippen LogP contribution in [0.3, 0.4) is 0 Å². The third-order valence-corrected chi connectivity index (χ3v) is 2.44. The van der Waals surface area contributed by atoms with Gasteiger partial charge < -0.3 is 4.74 Å². The standard InChI is InChI=1S/C12H17ClFNO/c1-8(2)4-9(3)16-12-10(6-13)5-11(14)7-15-12/h5,7-9H,4,6H2,1-3H3. The molecule has 0 aliphatic heterocycles. The minimum atomic E-state index is -0.389. The highest BCUT2D eigenvalue weighted by molar-refractivity contribution is 6.17. The van der Waals surface area contributed by atoms with Crippen LogP contribution in [0.25, 0.3) is 0 Å². The molecule has 0 aliphatic carbocycles. The zero-order chi connectivity index (χ0) is 12.1. The van der Waals surface area contributed by atoms with Crippen molar-refractivity contribution in [3.8, 4) is 5.88 Å². The third kappa shape index (κ3) is 3.97. The fourth-order valence-electron chi connectivity index (χ4n) is 1.57. The molecule has 0 fully saturated rings. The molecular weight excluding hydrogens is 229 g/mol. The van der Waals surface area contributed by atoms with E-state index >= 15 is 0 Å². The number of nitrogens with zero attached hydrogens (tertiary/aromatic N) is 1. The molecule has 0 spiro atoms. The summed E-state index contributed by atoms with van der Waals surface area (Å²) in [5, 5.41) is 0. The van der Waals surface area contributed by atoms with Crippen molar-refractivity contribution >= 4 is 11.6 Å². The second-order valence-corrected chi connectivity index (χ2v) is 4.58. The van der Waals surface area contributed by atoms with Crippen molar-refractivity contribution in [3.05, 3.63) is 23.6 Å². The van der Waals surface area contributed by atoms with Crippen LogP contribution in [0.2, 0.25) is 0 Å². The van der Waals surface area contributed by atoms with E-state index in [1.165, 1.54) is 6.07 Å². The molecule has 4 heteroatoms. The van der Waals surface area contributed by atoms with E-state index in [-0.39, 0.29) is 17.8 Å². The van der Waals surface area contributed by atoms with Gasteiger partial charge in [0, 0.05) is 5.56 Å². The Labute approximate surface area is 101 Å². The topological polar surface area (TPSA) is 22.1 Å². The highest BCUT2D eigenvalue weighted by Gasteiger charge is 2.11. The second-order valence-electron chi connectivity index (χ2n) is 4.31. The van der Waals surface area contributed by atoms with Crippen molar-refractivity contribution < 1.29 is 9.13 Å². The van der Waals surface area contributed by atoms with Crippen LogP contribution in [-0.4, -0.2) is 11.1 Å². The van der Waals surface area contributed by atoms with Crippen molar-refractivity contribution in [2.75, 3.05) is 0 Å². The fourth-order valence-corrected chi connectivity index (χ4v) is 1.76. The highest BCUT2D eigenvalue weighted by atomic mass is 35.5. The van der Waals surface area contributed by atoms with Gasteiger partial charge in [0.15, 0.2) is 0 Å². The molecule has 1 unspecified atom stereocenters. The molecule has 2 nitrogen and oxygen atoms in total. The number of alkyl halides is 1. The fraction of sp³-hybridized carbons (Fsp3) is 0.583. The summed E-state index contributed by atoms with van der Waals surface area (Å²) in [6, 6.07) is 1.36. The van der Waals surface area contributed by atoms with Crippen molar-refractivity contribution in [2.24, 2.45) is 5.92 Å². The summed E-state index contributed by atoms with van der Waals surface area (Å²) >= 11 is 5.71. The largest absolute Gasteiger partial charge is 0.474 e. The first-order chi connectivity index (χ1) is 7.52. The third-order valence-electron chi connectivity index (χ3n) is 2.15. The quantitative estimate of drug-likeness (QED) is 0.737. The first-order valence-electron chi connectivity index (χ1n) is 5.40. The summed E-state index contributed by atoms with van der Waals surface area (Å²) in [5.74, 6) is 0.799. The van der Waals surface area contributed by atoms with E-state index in [1.807, 2.05) is 6.92 Å². The number of hydrogen-bond donors (Lipinski definition) is 0. The van der Waals surface area contributed by atoms with Crippen molar-refractivity contribution in [2.45, 2.75) is 39.2 Å². The smallest absolute Gasteiger partial charge is 0.218 e. The lowest BCUT2D eigenvalue weighted by Gasteiger charge is -2.17. The minimum Gasteiger partial charge on any atom is -0.474 e. The van der Waals surface area contributed by atoms with Gasteiger partial charge in [-0.15, -0.1) is 11.6 Å². The van der Waals surface area contributed by atoms with Crippen LogP contribution in [0.4, 0.5) is 4.39 Å². The van der Waals surface area contributed by atoms with E-state index < -0.39 is 0 Å². The summed E-state index contributed by atoms with van der Waals surface area (Å²) in [6.07, 6.45) is 2.13. The predicted molar refractivity (Wildman–Crippen MR) is 63.3 cm³/mol. The van der Waals surface area contributed by atoms with Gasteiger partial charge in [-0.1, -0.05) is 13.8 Å². The normalized spacial score (nSPS) is 12.9. The molecule has 0 bridgehead atoms. The molecule has 0 aliphatic rings. The minimum absolute atomic E-state index is 0.0555. The second kappa shape index (κ2) is 6.04. The molecule has 0 N–H and O–H groups in total. The van der Waals surface area contributed by atoms with Gasteiger partial charge in [0.2, 0.25) is 5.88 Å². The molecule has 1 aromatic heterocycles. The Balaban J connectivity index is 2.72. The van der Waals surface area contributed by atoms with Crippen LogP contribution in [0.5, 0.6) is 5.88 Å². The average molecular weight is 246 g/mol. The Morgan fingerprint density at radius 3 is 2.69 bits per heavy atom. The SMILES string of the molecule is CC(C)CC(C)Oc1ncc(F)cc1CCl. The Kier molecular flexibility index (Phi) is 5.00. The number of aromatic nitrogens is 1. The van der Waals surface area contributed by atoms with E-state index in [0.717, 1.165) is 12.6 Å². The Hall–Kier alpha value is -0.830. The maximum Gasteiger partial charge on any atom is 0.218 e. The van der Waals surface area contributed by atoms with Gasteiger partial charge in [-0.3, -0.25) is 0 Å². The van der Waals surface area contributed by atoms with E-state index in [9.17, 15) is 4.39 Å². The molecule has 0 radical (unpaired) electrons. The van der Waals surface area contributed by atoms with E-state index in [2.05, 4.69) is 18.8 Å². The van der Waals surface area contributed by atoms with Crippen LogP contribution in [0.15, 0.2) is 12.3 Å². The summed E-state index contributed by atoms with van der Waals surface area (Å²) in [7, 11) is 0. The summed E-state index contributed by atoms with van der Waals surface area (Å²) in [6.45, 7) is 6.23. The number of pyridine rings is 1. The zero-order valence-corrected chi connectivity index (χ0v) is 10.6. The van der Waals surface area contributed by atoms with Crippen LogP contribution >= 0.6 is 11.6 Å². The maximum atomic E-state index is 12.9. The predicted octanol–water partition coefficient (Wildman–Crippen LogP) is 3.77. The Morgan fingerprint density at radius 1 is 1.44 bits per heavy atom. The monoisotopic (exact) mass is 245 g/mol. The summed E-state index contributed by atoms with van der Waals surface area (Å²) in [5.41, 5.74) is 0.595. The molecule has 0 saturated heterocycles. The van der Waals surface area contributed by atoms with Crippen LogP contribution in [-0.2, 0) is 5.88 Å². The van der Waals surface area contributed by atoms with Crippen molar-refractivity contribution in [3.63, 3.8) is 0 Å². The van der Waals surface area contributed by atoms with Crippen molar-refractivity contribution in [1.29, 1.82) is 0 Å². The highest BCUT2D eigenvalue weighted by Crippen LogP contribution is 2.21. The lowest BCUT2D eigenvalue weighted by Crippen LogP contribution is -2.16. The number of rotatable bonds is 5. The first kappa shape index (κ1) is 13.2. The molecule has 1 heterocycles. The lowest BCUT2D eigenvalue weighted by atomic mass is 10.1. The summed E-state index contributed by atoms with van der Waals surface area (Å²) in [4.78, 5) is 3.91. The molecule has 0 aromatic carbocycles. The molecular formula is C12H17ClFNO. The van der Waals surface area contributed by atoms with Crippen molar-refractivity contribution in [1.82, 2.24) is 4.98 Å². The maximum absolute atomic E-state index is 12.9. The van der Waals surface area contributed by atoms with E-state index in [1.54, 1.807) is 0 Å². The lowest BCUT2D eigenvalue weighted by molar-refractivity contribution is 0.184. The zero-order valence-electron chi connectivity index (χ0n) is 9.84. The number of ether oxygens (including phenoxy) is 1. The average Bonchev–Trinajstić information content (AvgIpc) is 2.19. The van der Waals surface area contributed by atoms with Crippen LogP contribution in [0, 0.1) is 11.7 Å². The van der Waals surface area contributed by atoms with Crippen LogP contribution < -0.4 is 4.74 Å². The van der Waals surface area contributed by atoms with Gasteiger partial charge in [0.25, 0.3) is 0 Å².